The van der Waals surface area contributed by atoms with Gasteiger partial charge in [0.2, 0.25) is 0 Å². The quantitative estimate of drug-likeness (QED) is 0.765. The van der Waals surface area contributed by atoms with Gasteiger partial charge in [-0.1, -0.05) is 6.92 Å². The fraction of sp³-hybridized carbons (Fsp3) is 0.733. The molecule has 1 N–H and O–H groups in total. The van der Waals surface area contributed by atoms with E-state index in [1.807, 2.05) is 6.92 Å². The highest BCUT2D eigenvalue weighted by Crippen LogP contribution is 2.25. The van der Waals surface area contributed by atoms with E-state index in [0.717, 1.165) is 53.6 Å². The highest BCUT2D eigenvalue weighted by atomic mass is 127. The van der Waals surface area contributed by atoms with Crippen molar-refractivity contribution in [2.45, 2.75) is 46.3 Å². The number of morpholine rings is 1. The Balaban J connectivity index is 2.20. The topological polar surface area (TPSA) is 50.3 Å². The number of halogens is 1. The van der Waals surface area contributed by atoms with E-state index in [0.29, 0.717) is 6.04 Å². The molecular weight excluding hydrogens is 379 g/mol. The molecule has 0 spiro atoms. The van der Waals surface area contributed by atoms with E-state index in [1.54, 1.807) is 0 Å². The second kappa shape index (κ2) is 7.69. The van der Waals surface area contributed by atoms with E-state index >= 15 is 0 Å². The maximum atomic E-state index is 5.90. The van der Waals surface area contributed by atoms with Gasteiger partial charge in [-0.25, -0.2) is 9.97 Å². The van der Waals surface area contributed by atoms with Crippen LogP contribution in [0.2, 0.25) is 0 Å². The van der Waals surface area contributed by atoms with Crippen LogP contribution in [-0.2, 0) is 4.74 Å². The van der Waals surface area contributed by atoms with Crippen molar-refractivity contribution in [2.75, 3.05) is 31.6 Å². The van der Waals surface area contributed by atoms with Crippen LogP contribution < -0.4 is 5.32 Å². The van der Waals surface area contributed by atoms with E-state index in [1.165, 1.54) is 0 Å². The Hall–Kier alpha value is -0.470. The summed E-state index contributed by atoms with van der Waals surface area (Å²) < 4.78 is 7.00. The maximum absolute atomic E-state index is 5.90. The van der Waals surface area contributed by atoms with Crippen molar-refractivity contribution in [2.24, 2.45) is 0 Å². The Kier molecular flexibility index (Phi) is 6.19. The number of rotatable bonds is 5. The molecule has 6 heteroatoms. The molecule has 21 heavy (non-hydrogen) atoms. The minimum Gasteiger partial charge on any atom is -0.369 e. The fourth-order valence-electron chi connectivity index (χ4n) is 2.38. The lowest BCUT2D eigenvalue weighted by molar-refractivity contribution is -0.0443. The molecule has 0 amide bonds. The standard InChI is InChI=1S/C15H25IN4O/c1-5-6-17-15-13(16)11(4)18-14(19-15)12-9-20(10(2)3)7-8-21-12/h10,12H,5-9H2,1-4H3,(H,17,18,19). The molecule has 1 saturated heterocycles. The van der Waals surface area contributed by atoms with Gasteiger partial charge in [-0.15, -0.1) is 0 Å². The van der Waals surface area contributed by atoms with Gasteiger partial charge in [-0.2, -0.15) is 0 Å². The smallest absolute Gasteiger partial charge is 0.161 e. The van der Waals surface area contributed by atoms with Crippen molar-refractivity contribution in [1.29, 1.82) is 0 Å². The van der Waals surface area contributed by atoms with E-state index in [9.17, 15) is 0 Å². The van der Waals surface area contributed by atoms with Crippen molar-refractivity contribution < 1.29 is 4.74 Å². The molecule has 1 aliphatic rings. The molecule has 1 atom stereocenters. The Morgan fingerprint density at radius 1 is 1.43 bits per heavy atom. The molecule has 0 aromatic carbocycles. The van der Waals surface area contributed by atoms with Crippen LogP contribution in [0.1, 0.15) is 44.8 Å². The van der Waals surface area contributed by atoms with E-state index in [2.05, 4.69) is 58.6 Å². The summed E-state index contributed by atoms with van der Waals surface area (Å²) in [7, 11) is 0. The van der Waals surface area contributed by atoms with E-state index in [-0.39, 0.29) is 6.10 Å². The minimum atomic E-state index is -0.0287. The Bertz CT molecular complexity index is 481. The summed E-state index contributed by atoms with van der Waals surface area (Å²) in [5.74, 6) is 1.74. The molecule has 1 unspecified atom stereocenters. The zero-order valence-corrected chi connectivity index (χ0v) is 15.5. The average molecular weight is 404 g/mol. The second-order valence-electron chi connectivity index (χ2n) is 5.70. The van der Waals surface area contributed by atoms with Gasteiger partial charge < -0.3 is 10.1 Å². The molecule has 1 fully saturated rings. The summed E-state index contributed by atoms with van der Waals surface area (Å²) in [6.45, 7) is 12.1. The van der Waals surface area contributed by atoms with Gasteiger partial charge in [0.1, 0.15) is 11.9 Å². The fourth-order valence-corrected chi connectivity index (χ4v) is 2.81. The Morgan fingerprint density at radius 3 is 2.86 bits per heavy atom. The SMILES string of the molecule is CCCNc1nc(C2CN(C(C)C)CCO2)nc(C)c1I. The Labute approximate surface area is 141 Å². The first-order chi connectivity index (χ1) is 10.0. The molecule has 0 aliphatic carbocycles. The number of ether oxygens (including phenoxy) is 1. The molecule has 1 aromatic heterocycles. The summed E-state index contributed by atoms with van der Waals surface area (Å²) in [5, 5.41) is 3.39. The summed E-state index contributed by atoms with van der Waals surface area (Å²) in [5.41, 5.74) is 1.02. The molecule has 0 saturated carbocycles. The van der Waals surface area contributed by atoms with Gasteiger partial charge in [0, 0.05) is 25.7 Å². The molecule has 2 rings (SSSR count). The lowest BCUT2D eigenvalue weighted by Crippen LogP contribution is -2.42. The third-order valence-electron chi connectivity index (χ3n) is 3.69. The lowest BCUT2D eigenvalue weighted by Gasteiger charge is -2.35. The zero-order chi connectivity index (χ0) is 15.4. The summed E-state index contributed by atoms with van der Waals surface area (Å²) in [6.07, 6.45) is 1.05. The van der Waals surface area contributed by atoms with Crippen LogP contribution in [0.25, 0.3) is 0 Å². The highest BCUT2D eigenvalue weighted by Gasteiger charge is 2.26. The third kappa shape index (κ3) is 4.26. The van der Waals surface area contributed by atoms with E-state index in [4.69, 9.17) is 9.72 Å². The summed E-state index contributed by atoms with van der Waals surface area (Å²) in [6, 6.07) is 0.527. The first-order valence-corrected chi connectivity index (χ1v) is 8.74. The molecule has 0 bridgehead atoms. The molecule has 118 valence electrons. The number of nitrogens with zero attached hydrogens (tertiary/aromatic N) is 3. The lowest BCUT2D eigenvalue weighted by atomic mass is 10.2. The van der Waals surface area contributed by atoms with Gasteiger partial charge in [0.05, 0.1) is 15.9 Å². The van der Waals surface area contributed by atoms with Crippen LogP contribution in [0.3, 0.4) is 0 Å². The molecule has 1 aliphatic heterocycles. The summed E-state index contributed by atoms with van der Waals surface area (Å²) in [4.78, 5) is 11.8. The predicted molar refractivity (Wildman–Crippen MR) is 93.7 cm³/mol. The molecular formula is C15H25IN4O. The van der Waals surface area contributed by atoms with Crippen LogP contribution in [0.5, 0.6) is 0 Å². The minimum absolute atomic E-state index is 0.0287. The van der Waals surface area contributed by atoms with Crippen LogP contribution >= 0.6 is 22.6 Å². The van der Waals surface area contributed by atoms with Crippen LogP contribution in [0.15, 0.2) is 0 Å². The maximum Gasteiger partial charge on any atom is 0.161 e. The number of hydrogen-bond donors (Lipinski definition) is 1. The van der Waals surface area contributed by atoms with Crippen molar-refractivity contribution in [1.82, 2.24) is 14.9 Å². The molecule has 2 heterocycles. The predicted octanol–water partition coefficient (Wildman–Crippen LogP) is 2.99. The van der Waals surface area contributed by atoms with Crippen molar-refractivity contribution in [3.63, 3.8) is 0 Å². The molecule has 5 nitrogen and oxygen atoms in total. The van der Waals surface area contributed by atoms with Crippen LogP contribution in [0.4, 0.5) is 5.82 Å². The van der Waals surface area contributed by atoms with Gasteiger partial charge in [0.15, 0.2) is 5.82 Å². The number of anilines is 1. The number of aromatic nitrogens is 2. The first kappa shape index (κ1) is 16.9. The number of aryl methyl sites for hydroxylation is 1. The normalized spacial score (nSPS) is 20.0. The van der Waals surface area contributed by atoms with E-state index < -0.39 is 0 Å². The highest BCUT2D eigenvalue weighted by molar-refractivity contribution is 14.1. The second-order valence-corrected chi connectivity index (χ2v) is 6.78. The number of nitrogens with one attached hydrogen (secondary N) is 1. The van der Waals surface area contributed by atoms with Gasteiger partial charge in [0.25, 0.3) is 0 Å². The largest absolute Gasteiger partial charge is 0.369 e. The Morgan fingerprint density at radius 2 is 2.19 bits per heavy atom. The third-order valence-corrected chi connectivity index (χ3v) is 4.98. The first-order valence-electron chi connectivity index (χ1n) is 7.66. The van der Waals surface area contributed by atoms with Crippen LogP contribution in [-0.4, -0.2) is 47.2 Å². The van der Waals surface area contributed by atoms with Crippen LogP contribution in [0, 0.1) is 10.5 Å². The van der Waals surface area contributed by atoms with Crippen molar-refractivity contribution in [3.8, 4) is 0 Å². The average Bonchev–Trinajstić information content (AvgIpc) is 2.48. The van der Waals surface area contributed by atoms with Crippen molar-refractivity contribution in [3.05, 3.63) is 15.1 Å². The molecule has 1 aromatic rings. The zero-order valence-electron chi connectivity index (χ0n) is 13.3. The number of hydrogen-bond acceptors (Lipinski definition) is 5. The monoisotopic (exact) mass is 404 g/mol. The summed E-state index contributed by atoms with van der Waals surface area (Å²) >= 11 is 2.31. The van der Waals surface area contributed by atoms with Gasteiger partial charge in [-0.3, -0.25) is 4.90 Å². The van der Waals surface area contributed by atoms with Crippen molar-refractivity contribution >= 4 is 28.4 Å². The van der Waals surface area contributed by atoms with Gasteiger partial charge >= 0.3 is 0 Å². The molecule has 0 radical (unpaired) electrons. The van der Waals surface area contributed by atoms with Gasteiger partial charge in [-0.05, 0) is 49.8 Å².